The van der Waals surface area contributed by atoms with Gasteiger partial charge in [-0.2, -0.15) is 0 Å². The zero-order chi connectivity index (χ0) is 19.7. The maximum atomic E-state index is 13.0. The second-order valence-corrected chi connectivity index (χ2v) is 8.87. The Hall–Kier alpha value is -2.15. The minimum Gasteiger partial charge on any atom is -0.354 e. The smallest absolute Gasteiger partial charge is 0.293 e. The Kier molecular flexibility index (Phi) is 5.53. The maximum absolute atomic E-state index is 13.0. The van der Waals surface area contributed by atoms with E-state index in [-0.39, 0.29) is 36.0 Å². The molecule has 1 heterocycles. The van der Waals surface area contributed by atoms with Gasteiger partial charge >= 0.3 is 0 Å². The van der Waals surface area contributed by atoms with Crippen molar-refractivity contribution in [3.05, 3.63) is 40.6 Å². The highest BCUT2D eigenvalue weighted by molar-refractivity contribution is 8.18. The second-order valence-electron chi connectivity index (χ2n) is 7.87. The molecule has 5 nitrogen and oxygen atoms in total. The molecule has 28 heavy (non-hydrogen) atoms. The summed E-state index contributed by atoms with van der Waals surface area (Å²) in [5.41, 5.74) is 0.658. The topological polar surface area (TPSA) is 66.5 Å². The summed E-state index contributed by atoms with van der Waals surface area (Å²) in [7, 11) is 0. The standard InChI is InChI=1S/C21H23FN2O3S/c22-17-5-2-13(3-6-17)11-18-20(26)24(21(27)28-18)8-7-23-19(25)12-16-10-14-1-4-15(16)9-14/h2-3,5-6,11,14-16H,1,4,7-10,12H2,(H,23,25)/b18-11-/t14-,15+,16-/m1/s1. The molecule has 3 atom stereocenters. The van der Waals surface area contributed by atoms with Crippen LogP contribution in [0, 0.1) is 23.6 Å². The monoisotopic (exact) mass is 402 g/mol. The van der Waals surface area contributed by atoms with Gasteiger partial charge in [-0.15, -0.1) is 0 Å². The van der Waals surface area contributed by atoms with Crippen LogP contribution in [-0.4, -0.2) is 35.0 Å². The Morgan fingerprint density at radius 3 is 2.68 bits per heavy atom. The first-order chi connectivity index (χ1) is 13.5. The molecule has 0 radical (unpaired) electrons. The molecule has 0 unspecified atom stereocenters. The molecule has 2 bridgehead atoms. The first-order valence-corrected chi connectivity index (χ1v) is 10.6. The molecule has 148 valence electrons. The maximum Gasteiger partial charge on any atom is 0.293 e. The lowest BCUT2D eigenvalue weighted by molar-refractivity contribution is -0.124. The van der Waals surface area contributed by atoms with Crippen LogP contribution in [0.25, 0.3) is 6.08 Å². The molecule has 3 aliphatic rings. The van der Waals surface area contributed by atoms with Gasteiger partial charge in [0.2, 0.25) is 5.91 Å². The number of nitrogens with zero attached hydrogens (tertiary/aromatic N) is 1. The van der Waals surface area contributed by atoms with Crippen LogP contribution in [0.3, 0.4) is 0 Å². The van der Waals surface area contributed by atoms with Crippen molar-refractivity contribution in [1.82, 2.24) is 10.2 Å². The Labute approximate surface area is 167 Å². The van der Waals surface area contributed by atoms with Crippen molar-refractivity contribution in [3.8, 4) is 0 Å². The van der Waals surface area contributed by atoms with Gasteiger partial charge in [-0.1, -0.05) is 18.6 Å². The molecule has 1 saturated heterocycles. The number of imide groups is 1. The zero-order valence-electron chi connectivity index (χ0n) is 15.5. The Morgan fingerprint density at radius 2 is 2.00 bits per heavy atom. The van der Waals surface area contributed by atoms with E-state index in [1.165, 1.54) is 31.4 Å². The van der Waals surface area contributed by atoms with E-state index in [4.69, 9.17) is 0 Å². The van der Waals surface area contributed by atoms with Crippen LogP contribution in [0.4, 0.5) is 9.18 Å². The van der Waals surface area contributed by atoms with Gasteiger partial charge in [0.1, 0.15) is 5.82 Å². The summed E-state index contributed by atoms with van der Waals surface area (Å²) >= 11 is 0.866. The fourth-order valence-electron chi connectivity index (χ4n) is 4.65. The van der Waals surface area contributed by atoms with Gasteiger partial charge in [0, 0.05) is 19.5 Å². The largest absolute Gasteiger partial charge is 0.354 e. The van der Waals surface area contributed by atoms with Crippen LogP contribution in [0.15, 0.2) is 29.2 Å². The number of nitrogens with one attached hydrogen (secondary N) is 1. The third kappa shape index (κ3) is 4.14. The number of amides is 3. The average Bonchev–Trinajstić information content (AvgIpc) is 3.35. The van der Waals surface area contributed by atoms with Gasteiger partial charge in [-0.3, -0.25) is 19.3 Å². The van der Waals surface area contributed by atoms with Crippen molar-refractivity contribution >= 4 is 34.9 Å². The van der Waals surface area contributed by atoms with Gasteiger partial charge in [0.05, 0.1) is 4.91 Å². The van der Waals surface area contributed by atoms with Gasteiger partial charge in [0.25, 0.3) is 11.1 Å². The van der Waals surface area contributed by atoms with E-state index in [1.54, 1.807) is 18.2 Å². The summed E-state index contributed by atoms with van der Waals surface area (Å²) in [4.78, 5) is 38.3. The van der Waals surface area contributed by atoms with Gasteiger partial charge in [-0.05, 0) is 72.6 Å². The highest BCUT2D eigenvalue weighted by Crippen LogP contribution is 2.49. The Balaban J connectivity index is 1.26. The molecular weight excluding hydrogens is 379 g/mol. The molecule has 3 fully saturated rings. The van der Waals surface area contributed by atoms with Crippen molar-refractivity contribution in [2.24, 2.45) is 17.8 Å². The lowest BCUT2D eigenvalue weighted by atomic mass is 9.86. The highest BCUT2D eigenvalue weighted by Gasteiger charge is 2.40. The summed E-state index contributed by atoms with van der Waals surface area (Å²) in [5, 5.41) is 2.51. The Bertz CT molecular complexity index is 823. The number of halogens is 1. The van der Waals surface area contributed by atoms with Crippen molar-refractivity contribution < 1.29 is 18.8 Å². The van der Waals surface area contributed by atoms with E-state index in [1.807, 2.05) is 0 Å². The number of rotatable bonds is 6. The number of hydrogen-bond acceptors (Lipinski definition) is 4. The summed E-state index contributed by atoms with van der Waals surface area (Å²) in [6.45, 7) is 0.426. The summed E-state index contributed by atoms with van der Waals surface area (Å²) < 4.78 is 13.0. The van der Waals surface area contributed by atoms with E-state index in [2.05, 4.69) is 5.32 Å². The minimum absolute atomic E-state index is 0.00590. The van der Waals surface area contributed by atoms with E-state index >= 15 is 0 Å². The van der Waals surface area contributed by atoms with Crippen LogP contribution < -0.4 is 5.32 Å². The predicted octanol–water partition coefficient (Wildman–Crippen LogP) is 3.80. The molecule has 1 aromatic carbocycles. The van der Waals surface area contributed by atoms with Crippen molar-refractivity contribution in [2.45, 2.75) is 32.1 Å². The molecule has 4 rings (SSSR count). The molecular formula is C21H23FN2O3S. The number of carbonyl (C=O) groups is 3. The van der Waals surface area contributed by atoms with Gasteiger partial charge < -0.3 is 5.32 Å². The Morgan fingerprint density at radius 1 is 1.21 bits per heavy atom. The summed E-state index contributed by atoms with van der Waals surface area (Å²) in [5.74, 6) is 1.29. The number of thioether (sulfide) groups is 1. The quantitative estimate of drug-likeness (QED) is 0.735. The fraction of sp³-hybridized carbons (Fsp3) is 0.476. The van der Waals surface area contributed by atoms with Gasteiger partial charge in [-0.25, -0.2) is 4.39 Å². The van der Waals surface area contributed by atoms with Gasteiger partial charge in [0.15, 0.2) is 0 Å². The third-order valence-electron chi connectivity index (χ3n) is 6.03. The van der Waals surface area contributed by atoms with E-state index in [9.17, 15) is 18.8 Å². The van der Waals surface area contributed by atoms with Crippen LogP contribution in [0.2, 0.25) is 0 Å². The van der Waals surface area contributed by atoms with Crippen molar-refractivity contribution in [2.75, 3.05) is 13.1 Å². The van der Waals surface area contributed by atoms with Crippen molar-refractivity contribution in [3.63, 3.8) is 0 Å². The first kappa shape index (κ1) is 19.2. The van der Waals surface area contributed by atoms with Crippen LogP contribution in [-0.2, 0) is 9.59 Å². The van der Waals surface area contributed by atoms with E-state index in [0.717, 1.165) is 29.0 Å². The average molecular weight is 402 g/mol. The summed E-state index contributed by atoms with van der Waals surface area (Å²) in [6, 6.07) is 5.72. The molecule has 0 spiro atoms. The van der Waals surface area contributed by atoms with Crippen LogP contribution in [0.1, 0.15) is 37.7 Å². The van der Waals surface area contributed by atoms with E-state index in [0.29, 0.717) is 28.7 Å². The normalized spacial score (nSPS) is 27.8. The predicted molar refractivity (Wildman–Crippen MR) is 106 cm³/mol. The molecule has 7 heteroatoms. The molecule has 0 aromatic heterocycles. The first-order valence-electron chi connectivity index (χ1n) is 9.77. The lowest BCUT2D eigenvalue weighted by Gasteiger charge is -2.21. The molecule has 3 amide bonds. The second kappa shape index (κ2) is 8.07. The van der Waals surface area contributed by atoms with Crippen LogP contribution >= 0.6 is 11.8 Å². The number of carbonyl (C=O) groups excluding carboxylic acids is 3. The fourth-order valence-corrected chi connectivity index (χ4v) is 5.51. The lowest BCUT2D eigenvalue weighted by Crippen LogP contribution is -2.38. The zero-order valence-corrected chi connectivity index (χ0v) is 16.3. The molecule has 2 saturated carbocycles. The molecule has 1 N–H and O–H groups in total. The molecule has 1 aliphatic heterocycles. The number of benzene rings is 1. The van der Waals surface area contributed by atoms with Crippen molar-refractivity contribution in [1.29, 1.82) is 0 Å². The highest BCUT2D eigenvalue weighted by atomic mass is 32.2. The minimum atomic E-state index is -0.373. The van der Waals surface area contributed by atoms with E-state index < -0.39 is 0 Å². The summed E-state index contributed by atoms with van der Waals surface area (Å²) in [6.07, 6.45) is 7.13. The molecule has 2 aliphatic carbocycles. The SMILES string of the molecule is O=C(C[C@H]1C[C@@H]2CC[C@H]1C2)NCCN1C(=O)S/C(=C\c2ccc(F)cc2)C1=O. The number of hydrogen-bond donors (Lipinski definition) is 1. The third-order valence-corrected chi connectivity index (χ3v) is 6.94. The molecule has 1 aromatic rings. The number of fused-ring (bicyclic) bond motifs is 2. The van der Waals surface area contributed by atoms with Crippen LogP contribution in [0.5, 0.6) is 0 Å².